The zero-order valence-electron chi connectivity index (χ0n) is 25.4. The van der Waals surface area contributed by atoms with Crippen LogP contribution in [0, 0.1) is 5.41 Å². The molecule has 0 aromatic heterocycles. The van der Waals surface area contributed by atoms with E-state index in [2.05, 4.69) is 0 Å². The number of carbonyl (C=O) groups is 3. The van der Waals surface area contributed by atoms with E-state index < -0.39 is 23.0 Å². The summed E-state index contributed by atoms with van der Waals surface area (Å²) in [5.74, 6) is -1.28. The van der Waals surface area contributed by atoms with Gasteiger partial charge in [0.1, 0.15) is 6.04 Å². The van der Waals surface area contributed by atoms with E-state index in [9.17, 15) is 19.5 Å². The van der Waals surface area contributed by atoms with Crippen molar-refractivity contribution >= 4 is 17.8 Å². The summed E-state index contributed by atoms with van der Waals surface area (Å²) in [5.41, 5.74) is 8.78. The Bertz CT molecular complexity index is 1400. The fraction of sp³-hybridized carbons (Fsp3) is 0.361. The summed E-state index contributed by atoms with van der Waals surface area (Å²) in [4.78, 5) is 43.0. The molecule has 2 amide bonds. The molecule has 0 saturated carbocycles. The number of nitrogens with two attached hydrogens (primary N) is 1. The fourth-order valence-corrected chi connectivity index (χ4v) is 5.63. The molecule has 0 radical (unpaired) electrons. The van der Waals surface area contributed by atoms with E-state index in [-0.39, 0.29) is 11.8 Å². The maximum Gasteiger partial charge on any atom is 0.310 e. The van der Waals surface area contributed by atoms with Gasteiger partial charge in [0.25, 0.3) is 0 Å². The largest absolute Gasteiger partial charge is 0.481 e. The number of piperidine rings is 1. The number of nitrogens with zero attached hydrogens (tertiary/aromatic N) is 2. The fourth-order valence-electron chi connectivity index (χ4n) is 5.63. The number of aliphatic carboxylic acids is 1. The quantitative estimate of drug-likeness (QED) is 0.298. The average molecular weight is 582 g/mol. The van der Waals surface area contributed by atoms with Crippen LogP contribution in [0.5, 0.6) is 0 Å². The summed E-state index contributed by atoms with van der Waals surface area (Å²) in [5, 5.41) is 10.2. The van der Waals surface area contributed by atoms with E-state index in [1.807, 2.05) is 98.8 Å². The average Bonchev–Trinajstić information content (AvgIpc) is 3.00. The number of amides is 2. The van der Waals surface area contributed by atoms with Crippen molar-refractivity contribution in [3.8, 4) is 11.1 Å². The minimum absolute atomic E-state index is 0.172. The molecule has 43 heavy (non-hydrogen) atoms. The summed E-state index contributed by atoms with van der Waals surface area (Å²) in [6, 6.07) is 27.0. The molecule has 0 bridgehead atoms. The molecule has 1 unspecified atom stereocenters. The second-order valence-electron chi connectivity index (χ2n) is 12.4. The first kappa shape index (κ1) is 31.7. The predicted octanol–water partition coefficient (Wildman–Crippen LogP) is 5.34. The van der Waals surface area contributed by atoms with Crippen LogP contribution in [0.25, 0.3) is 11.1 Å². The Morgan fingerprint density at radius 3 is 2.02 bits per heavy atom. The molecule has 1 heterocycles. The molecule has 3 N–H and O–H groups in total. The van der Waals surface area contributed by atoms with Gasteiger partial charge in [0, 0.05) is 32.1 Å². The van der Waals surface area contributed by atoms with Crippen LogP contribution in [-0.2, 0) is 27.2 Å². The van der Waals surface area contributed by atoms with Gasteiger partial charge in [-0.2, -0.15) is 0 Å². The molecule has 0 aliphatic carbocycles. The Labute approximate surface area is 255 Å². The molecule has 1 aliphatic rings. The summed E-state index contributed by atoms with van der Waals surface area (Å²) in [6.07, 6.45) is 5.23. The highest BCUT2D eigenvalue weighted by Gasteiger charge is 2.43. The van der Waals surface area contributed by atoms with E-state index in [0.717, 1.165) is 22.3 Å². The molecule has 226 valence electrons. The van der Waals surface area contributed by atoms with Gasteiger partial charge < -0.3 is 20.6 Å². The van der Waals surface area contributed by atoms with Crippen LogP contribution in [0.1, 0.15) is 44.2 Å². The summed E-state index contributed by atoms with van der Waals surface area (Å²) in [6.45, 7) is 4.42. The van der Waals surface area contributed by atoms with Gasteiger partial charge in [0.05, 0.1) is 5.41 Å². The minimum atomic E-state index is -0.930. The van der Waals surface area contributed by atoms with Crippen molar-refractivity contribution in [2.45, 2.75) is 57.5 Å². The van der Waals surface area contributed by atoms with Crippen LogP contribution >= 0.6 is 0 Å². The third kappa shape index (κ3) is 8.42. The summed E-state index contributed by atoms with van der Waals surface area (Å²) >= 11 is 0. The topological polar surface area (TPSA) is 104 Å². The highest BCUT2D eigenvalue weighted by Crippen LogP contribution is 2.36. The third-order valence-corrected chi connectivity index (χ3v) is 8.37. The minimum Gasteiger partial charge on any atom is -0.481 e. The monoisotopic (exact) mass is 581 g/mol. The number of carboxylic acids is 1. The Morgan fingerprint density at radius 2 is 1.47 bits per heavy atom. The maximum atomic E-state index is 14.0. The lowest BCUT2D eigenvalue weighted by Crippen LogP contribution is -2.54. The highest BCUT2D eigenvalue weighted by molar-refractivity contribution is 5.93. The SMILES string of the molecule is CN(C(=O)C=CCC(C)(C)N)C(Cc1ccc(-c2ccccc2)cc1)C(=O)N1CCC(Cc2ccccc2)(C(=O)O)CC1. The molecular weight excluding hydrogens is 538 g/mol. The number of benzene rings is 3. The van der Waals surface area contributed by atoms with Gasteiger partial charge >= 0.3 is 5.97 Å². The van der Waals surface area contributed by atoms with Crippen molar-refractivity contribution in [1.82, 2.24) is 9.80 Å². The maximum absolute atomic E-state index is 14.0. The number of likely N-dealkylation sites (tertiary alicyclic amines) is 1. The van der Waals surface area contributed by atoms with E-state index >= 15 is 0 Å². The number of hydrogen-bond acceptors (Lipinski definition) is 4. The number of carboxylic acid groups (broad SMARTS) is 1. The molecule has 7 heteroatoms. The molecule has 3 aromatic rings. The lowest BCUT2D eigenvalue weighted by atomic mass is 9.73. The van der Waals surface area contributed by atoms with Gasteiger partial charge in [0.15, 0.2) is 0 Å². The second kappa shape index (κ2) is 13.8. The van der Waals surface area contributed by atoms with Gasteiger partial charge in [-0.25, -0.2) is 0 Å². The second-order valence-corrected chi connectivity index (χ2v) is 12.4. The summed E-state index contributed by atoms with van der Waals surface area (Å²) in [7, 11) is 1.65. The lowest BCUT2D eigenvalue weighted by Gasteiger charge is -2.41. The Kier molecular flexibility index (Phi) is 10.2. The van der Waals surface area contributed by atoms with E-state index in [1.54, 1.807) is 18.0 Å². The summed E-state index contributed by atoms with van der Waals surface area (Å²) < 4.78 is 0. The van der Waals surface area contributed by atoms with Gasteiger partial charge in [-0.1, -0.05) is 91.0 Å². The zero-order valence-corrected chi connectivity index (χ0v) is 25.4. The molecule has 1 saturated heterocycles. The first-order chi connectivity index (χ1) is 20.5. The molecule has 0 spiro atoms. The van der Waals surface area contributed by atoms with Crippen LogP contribution in [0.2, 0.25) is 0 Å². The van der Waals surface area contributed by atoms with Crippen molar-refractivity contribution in [2.75, 3.05) is 20.1 Å². The van der Waals surface area contributed by atoms with Crippen LogP contribution in [0.3, 0.4) is 0 Å². The van der Waals surface area contributed by atoms with Crippen LogP contribution < -0.4 is 5.73 Å². The van der Waals surface area contributed by atoms with Gasteiger partial charge in [-0.05, 0) is 67.9 Å². The van der Waals surface area contributed by atoms with Gasteiger partial charge in [0.2, 0.25) is 11.8 Å². The van der Waals surface area contributed by atoms with E-state index in [0.29, 0.717) is 45.2 Å². The zero-order chi connectivity index (χ0) is 31.0. The van der Waals surface area contributed by atoms with E-state index in [4.69, 9.17) is 5.73 Å². The Balaban J connectivity index is 1.53. The van der Waals surface area contributed by atoms with Gasteiger partial charge in [-0.3, -0.25) is 14.4 Å². The first-order valence-electron chi connectivity index (χ1n) is 14.9. The van der Waals surface area contributed by atoms with Crippen molar-refractivity contribution in [1.29, 1.82) is 0 Å². The molecule has 3 aromatic carbocycles. The third-order valence-electron chi connectivity index (χ3n) is 8.37. The van der Waals surface area contributed by atoms with Crippen LogP contribution in [0.15, 0.2) is 97.1 Å². The molecule has 1 atom stereocenters. The van der Waals surface area contributed by atoms with Crippen molar-refractivity contribution < 1.29 is 19.5 Å². The number of hydrogen-bond donors (Lipinski definition) is 2. The smallest absolute Gasteiger partial charge is 0.310 e. The Morgan fingerprint density at radius 1 is 0.907 bits per heavy atom. The van der Waals surface area contributed by atoms with Crippen molar-refractivity contribution in [2.24, 2.45) is 11.1 Å². The molecule has 1 aliphatic heterocycles. The lowest BCUT2D eigenvalue weighted by molar-refractivity contribution is -0.155. The molecular formula is C36H43N3O4. The van der Waals surface area contributed by atoms with Gasteiger partial charge in [-0.15, -0.1) is 0 Å². The molecule has 1 fully saturated rings. The normalized spacial score (nSPS) is 15.7. The number of likely N-dealkylation sites (N-methyl/N-ethyl adjacent to an activating group) is 1. The van der Waals surface area contributed by atoms with Crippen LogP contribution in [0.4, 0.5) is 0 Å². The number of rotatable bonds is 11. The predicted molar refractivity (Wildman–Crippen MR) is 170 cm³/mol. The standard InChI is InChI=1S/C36H43N3O4/c1-35(2,37)20-10-15-32(40)38(3)31(25-27-16-18-30(19-17-27)29-13-8-5-9-14-29)33(41)39-23-21-36(22-24-39,34(42)43)26-28-11-6-4-7-12-28/h4-19,31H,20-26,37H2,1-3H3,(H,42,43). The van der Waals surface area contributed by atoms with Crippen molar-refractivity contribution in [3.05, 3.63) is 108 Å². The molecule has 7 nitrogen and oxygen atoms in total. The van der Waals surface area contributed by atoms with E-state index in [1.165, 1.54) is 11.0 Å². The van der Waals surface area contributed by atoms with Crippen molar-refractivity contribution in [3.63, 3.8) is 0 Å². The Hall–Kier alpha value is -4.23. The van der Waals surface area contributed by atoms with Crippen LogP contribution in [-0.4, -0.2) is 64.4 Å². The number of carbonyl (C=O) groups excluding carboxylic acids is 2. The first-order valence-corrected chi connectivity index (χ1v) is 14.9. The highest BCUT2D eigenvalue weighted by atomic mass is 16.4. The molecule has 4 rings (SSSR count).